The van der Waals surface area contributed by atoms with Crippen LogP contribution < -0.4 is 0 Å². The van der Waals surface area contributed by atoms with E-state index in [9.17, 15) is 4.39 Å². The second-order valence-corrected chi connectivity index (χ2v) is 1.33. The Bertz CT molecular complexity index is 126. The molecule has 1 aliphatic rings. The Morgan fingerprint density at radius 2 is 1.86 bits per heavy atom. The second-order valence-electron chi connectivity index (χ2n) is 1.33. The van der Waals surface area contributed by atoms with Gasteiger partial charge in [-0.15, -0.1) is 0 Å². The van der Waals surface area contributed by atoms with Crippen LogP contribution in [0.3, 0.4) is 0 Å². The third-order valence-corrected chi connectivity index (χ3v) is 0.814. The summed E-state index contributed by atoms with van der Waals surface area (Å²) >= 11 is 0. The lowest BCUT2D eigenvalue weighted by Crippen LogP contribution is -1.56. The van der Waals surface area contributed by atoms with Gasteiger partial charge in [0.1, 0.15) is 0 Å². The molecule has 0 atom stereocenters. The van der Waals surface area contributed by atoms with Crippen LogP contribution >= 0.6 is 0 Å². The Kier molecular flexibility index (Phi) is 1.07. The molecule has 0 radical (unpaired) electrons. The minimum absolute atomic E-state index is 0.583. The molecule has 0 amide bonds. The summed E-state index contributed by atoms with van der Waals surface area (Å²) < 4.78 is 11.4. The Balaban J connectivity index is 2.79. The zero-order valence-corrected chi connectivity index (χ0v) is 3.76. The van der Waals surface area contributed by atoms with Gasteiger partial charge in [0.25, 0.3) is 0 Å². The first-order chi connectivity index (χ1) is 3.43. The van der Waals surface area contributed by atoms with Crippen LogP contribution in [0.15, 0.2) is 36.2 Å². The zero-order valence-electron chi connectivity index (χ0n) is 3.76. The van der Waals surface area contributed by atoms with Crippen LogP contribution in [0.4, 0.5) is 4.39 Å². The Morgan fingerprint density at radius 3 is 2.14 bits per heavy atom. The van der Waals surface area contributed by atoms with Crippen molar-refractivity contribution in [1.82, 2.24) is 0 Å². The second kappa shape index (κ2) is 1.73. The fourth-order valence-electron chi connectivity index (χ4n) is 0.462. The van der Waals surface area contributed by atoms with Crippen molar-refractivity contribution in [3.8, 4) is 0 Å². The molecule has 0 aromatic heterocycles. The van der Waals surface area contributed by atoms with Gasteiger partial charge in [0, 0.05) is 5.57 Å². The van der Waals surface area contributed by atoms with Gasteiger partial charge in [-0.25, -0.2) is 4.39 Å². The number of hydrogen-bond donors (Lipinski definition) is 0. The molecule has 1 rings (SSSR count). The van der Waals surface area contributed by atoms with Gasteiger partial charge in [0.2, 0.25) is 0 Å². The lowest BCUT2D eigenvalue weighted by Gasteiger charge is -1.74. The highest BCUT2D eigenvalue weighted by Gasteiger charge is 1.86. The van der Waals surface area contributed by atoms with E-state index >= 15 is 0 Å². The van der Waals surface area contributed by atoms with Crippen molar-refractivity contribution in [2.75, 3.05) is 0 Å². The van der Waals surface area contributed by atoms with E-state index in [-0.39, 0.29) is 0 Å². The smallest absolute Gasteiger partial charge is 0.0939 e. The van der Waals surface area contributed by atoms with Gasteiger partial charge < -0.3 is 0 Å². The molecule has 1 heteroatoms. The third kappa shape index (κ3) is 0.769. The van der Waals surface area contributed by atoms with Crippen LogP contribution in [0.5, 0.6) is 0 Å². The molecule has 36 valence electrons. The molecule has 0 heterocycles. The highest BCUT2D eigenvalue weighted by atomic mass is 19.1. The summed E-state index contributed by atoms with van der Waals surface area (Å²) in [6.45, 7) is 0. The van der Waals surface area contributed by atoms with Gasteiger partial charge in [-0.1, -0.05) is 24.3 Å². The molecule has 0 aromatic carbocycles. The molecule has 0 fully saturated rings. The van der Waals surface area contributed by atoms with Crippen molar-refractivity contribution in [2.45, 2.75) is 0 Å². The molecule has 1 aliphatic carbocycles. The van der Waals surface area contributed by atoms with Crippen LogP contribution in [-0.4, -0.2) is 0 Å². The van der Waals surface area contributed by atoms with Crippen LogP contribution in [0, 0.1) is 0 Å². The first-order valence-electron chi connectivity index (χ1n) is 2.08. The molecular weight excluding hydrogens is 91.1 g/mol. The fourth-order valence-corrected chi connectivity index (χ4v) is 0.462. The van der Waals surface area contributed by atoms with Crippen molar-refractivity contribution >= 4 is 0 Å². The van der Waals surface area contributed by atoms with Crippen molar-refractivity contribution in [1.29, 1.82) is 0 Å². The van der Waals surface area contributed by atoms with Crippen molar-refractivity contribution < 1.29 is 4.39 Å². The maximum absolute atomic E-state index is 11.4. The quantitative estimate of drug-likeness (QED) is 0.432. The van der Waals surface area contributed by atoms with Crippen LogP contribution in [0.25, 0.3) is 0 Å². The molecule has 0 aromatic rings. The van der Waals surface area contributed by atoms with Gasteiger partial charge in [-0.2, -0.15) is 0 Å². The lowest BCUT2D eigenvalue weighted by molar-refractivity contribution is 0.716. The fraction of sp³-hybridized carbons (Fsp3) is 0. The highest BCUT2D eigenvalue weighted by Crippen LogP contribution is 2.05. The standard InChI is InChI=1S/C6H5F/c7-5-6-3-1-2-4-6/h1-5H. The van der Waals surface area contributed by atoms with E-state index < -0.39 is 0 Å². The summed E-state index contributed by atoms with van der Waals surface area (Å²) in [6.07, 6.45) is 7.59. The van der Waals surface area contributed by atoms with Gasteiger partial charge in [-0.3, -0.25) is 0 Å². The first-order valence-corrected chi connectivity index (χ1v) is 2.08. The molecule has 7 heavy (non-hydrogen) atoms. The maximum atomic E-state index is 11.4. The molecule has 0 saturated carbocycles. The van der Waals surface area contributed by atoms with Crippen molar-refractivity contribution in [3.63, 3.8) is 0 Å². The molecule has 0 spiro atoms. The normalized spacial score (nSPS) is 15.9. The van der Waals surface area contributed by atoms with Crippen molar-refractivity contribution in [2.24, 2.45) is 0 Å². The Labute approximate surface area is 41.7 Å². The number of halogens is 1. The summed E-state index contributed by atoms with van der Waals surface area (Å²) in [5, 5.41) is 0. The Morgan fingerprint density at radius 1 is 1.29 bits per heavy atom. The summed E-state index contributed by atoms with van der Waals surface area (Å²) in [5.41, 5.74) is 0.639. The van der Waals surface area contributed by atoms with Crippen molar-refractivity contribution in [3.05, 3.63) is 36.2 Å². The third-order valence-electron chi connectivity index (χ3n) is 0.814. The topological polar surface area (TPSA) is 0 Å². The minimum Gasteiger partial charge on any atom is -0.215 e. The molecule has 0 unspecified atom stereocenters. The van der Waals surface area contributed by atoms with Crippen LogP contribution in [0.2, 0.25) is 0 Å². The average molecular weight is 96.1 g/mol. The summed E-state index contributed by atoms with van der Waals surface area (Å²) in [4.78, 5) is 0. The molecule has 0 N–H and O–H groups in total. The van der Waals surface area contributed by atoms with Gasteiger partial charge in [0.05, 0.1) is 6.33 Å². The predicted molar refractivity (Wildman–Crippen MR) is 27.5 cm³/mol. The van der Waals surface area contributed by atoms with E-state index in [0.29, 0.717) is 11.9 Å². The van der Waals surface area contributed by atoms with Gasteiger partial charge in [0.15, 0.2) is 0 Å². The van der Waals surface area contributed by atoms with Crippen LogP contribution in [-0.2, 0) is 0 Å². The molecular formula is C6H5F. The predicted octanol–water partition coefficient (Wildman–Crippen LogP) is 1.97. The van der Waals surface area contributed by atoms with E-state index in [1.54, 1.807) is 24.3 Å². The molecule has 0 bridgehead atoms. The largest absolute Gasteiger partial charge is 0.215 e. The maximum Gasteiger partial charge on any atom is 0.0939 e. The Hall–Kier alpha value is -0.850. The monoisotopic (exact) mass is 96.0 g/mol. The molecule has 0 aliphatic heterocycles. The summed E-state index contributed by atoms with van der Waals surface area (Å²) in [5.74, 6) is 0. The van der Waals surface area contributed by atoms with E-state index in [4.69, 9.17) is 0 Å². The first kappa shape index (κ1) is 4.31. The average Bonchev–Trinajstić information content (AvgIpc) is 2.14. The van der Waals surface area contributed by atoms with E-state index in [1.165, 1.54) is 0 Å². The lowest BCUT2D eigenvalue weighted by atomic mass is 10.3. The number of allylic oxidation sites excluding steroid dienone is 5. The van der Waals surface area contributed by atoms with Crippen LogP contribution in [0.1, 0.15) is 0 Å². The van der Waals surface area contributed by atoms with E-state index in [1.807, 2.05) is 0 Å². The van der Waals surface area contributed by atoms with E-state index in [2.05, 4.69) is 0 Å². The summed E-state index contributed by atoms with van der Waals surface area (Å²) in [7, 11) is 0. The summed E-state index contributed by atoms with van der Waals surface area (Å²) in [6, 6.07) is 0. The highest BCUT2D eigenvalue weighted by molar-refractivity contribution is 5.38. The van der Waals surface area contributed by atoms with Gasteiger partial charge in [-0.05, 0) is 0 Å². The SMILES string of the molecule is FC=C1C=CC=C1. The van der Waals surface area contributed by atoms with Gasteiger partial charge >= 0.3 is 0 Å². The molecule has 0 nitrogen and oxygen atoms in total. The van der Waals surface area contributed by atoms with E-state index in [0.717, 1.165) is 0 Å². The molecule has 0 saturated heterocycles. The zero-order chi connectivity index (χ0) is 5.11. The number of rotatable bonds is 0. The minimum atomic E-state index is 0.583. The number of hydrogen-bond acceptors (Lipinski definition) is 0.